The number of hydrogen-bond acceptors (Lipinski definition) is 2. The summed E-state index contributed by atoms with van der Waals surface area (Å²) in [5, 5.41) is 0. The van der Waals surface area contributed by atoms with Gasteiger partial charge in [-0.2, -0.15) is 4.31 Å². The van der Waals surface area contributed by atoms with Gasteiger partial charge in [0.1, 0.15) is 5.82 Å². The number of benzene rings is 2. The summed E-state index contributed by atoms with van der Waals surface area (Å²) >= 11 is 0. The average molecular weight is 373 g/mol. The molecule has 1 aliphatic carbocycles. The van der Waals surface area contributed by atoms with Gasteiger partial charge in [0.15, 0.2) is 0 Å². The lowest BCUT2D eigenvalue weighted by atomic mass is 9.84. The molecule has 0 N–H and O–H groups in total. The Labute approximate surface area is 154 Å². The summed E-state index contributed by atoms with van der Waals surface area (Å²) in [6.45, 7) is 2.59. The molecule has 138 valence electrons. The third kappa shape index (κ3) is 2.87. The Morgan fingerprint density at radius 2 is 1.69 bits per heavy atom. The maximum Gasteiger partial charge on any atom is 0.243 e. The van der Waals surface area contributed by atoms with Crippen LogP contribution in [0.3, 0.4) is 0 Å². The monoisotopic (exact) mass is 373 g/mol. The number of nitrogens with zero attached hydrogens (tertiary/aromatic N) is 1. The topological polar surface area (TPSA) is 37.4 Å². The maximum atomic E-state index is 13.5. The van der Waals surface area contributed by atoms with Gasteiger partial charge in [-0.25, -0.2) is 12.8 Å². The first kappa shape index (κ1) is 17.7. The molecule has 0 amide bonds. The lowest BCUT2D eigenvalue weighted by Crippen LogP contribution is -2.49. The third-order valence-electron chi connectivity index (χ3n) is 6.05. The molecule has 2 aromatic carbocycles. The van der Waals surface area contributed by atoms with Crippen LogP contribution in [-0.2, 0) is 16.6 Å². The van der Waals surface area contributed by atoms with Crippen molar-refractivity contribution in [3.63, 3.8) is 0 Å². The van der Waals surface area contributed by atoms with Crippen LogP contribution < -0.4 is 0 Å². The van der Waals surface area contributed by atoms with Gasteiger partial charge in [-0.15, -0.1) is 0 Å². The summed E-state index contributed by atoms with van der Waals surface area (Å²) in [4.78, 5) is 0.178. The number of halogens is 1. The Morgan fingerprint density at radius 3 is 2.38 bits per heavy atom. The number of sulfonamides is 1. The third-order valence-corrected chi connectivity index (χ3v) is 8.02. The van der Waals surface area contributed by atoms with Gasteiger partial charge in [-0.3, -0.25) is 0 Å². The van der Waals surface area contributed by atoms with E-state index in [1.807, 2.05) is 18.2 Å². The van der Waals surface area contributed by atoms with E-state index < -0.39 is 15.8 Å². The molecular formula is C21H24FNO2S. The van der Waals surface area contributed by atoms with Crippen molar-refractivity contribution in [3.8, 4) is 0 Å². The normalized spacial score (nSPS) is 22.9. The van der Waals surface area contributed by atoms with E-state index in [-0.39, 0.29) is 10.4 Å². The van der Waals surface area contributed by atoms with Crippen LogP contribution in [0.2, 0.25) is 0 Å². The number of fused-ring (bicyclic) bond motifs is 1. The van der Waals surface area contributed by atoms with Gasteiger partial charge in [0.05, 0.1) is 4.90 Å². The molecule has 4 rings (SSSR count). The second kappa shape index (κ2) is 6.46. The van der Waals surface area contributed by atoms with Crippen molar-refractivity contribution in [2.45, 2.75) is 61.9 Å². The van der Waals surface area contributed by atoms with Gasteiger partial charge in [0.2, 0.25) is 10.0 Å². The fraction of sp³-hybridized carbons (Fsp3) is 0.429. The minimum Gasteiger partial charge on any atom is -0.207 e. The molecule has 0 radical (unpaired) electrons. The molecular weight excluding hydrogens is 349 g/mol. The first-order valence-corrected chi connectivity index (χ1v) is 10.7. The molecule has 1 atom stereocenters. The van der Waals surface area contributed by atoms with Crippen molar-refractivity contribution in [3.05, 3.63) is 65.5 Å². The average Bonchev–Trinajstić information content (AvgIpc) is 3.04. The van der Waals surface area contributed by atoms with E-state index in [0.717, 1.165) is 37.7 Å². The highest BCUT2D eigenvalue weighted by Crippen LogP contribution is 2.48. The van der Waals surface area contributed by atoms with Crippen LogP contribution in [0.5, 0.6) is 0 Å². The minimum absolute atomic E-state index is 0.178. The summed E-state index contributed by atoms with van der Waals surface area (Å²) in [5.74, 6) is -0.105. The van der Waals surface area contributed by atoms with Crippen LogP contribution in [0, 0.1) is 5.82 Å². The second-order valence-electron chi connectivity index (χ2n) is 7.70. The van der Waals surface area contributed by atoms with E-state index in [1.165, 1.54) is 29.8 Å². The molecule has 1 saturated carbocycles. The second-order valence-corrected chi connectivity index (χ2v) is 9.56. The van der Waals surface area contributed by atoms with Crippen LogP contribution in [0.1, 0.15) is 56.1 Å². The molecule has 1 spiro atoms. The number of rotatable bonds is 2. The van der Waals surface area contributed by atoms with E-state index in [0.29, 0.717) is 12.5 Å². The fourth-order valence-electron chi connectivity index (χ4n) is 4.82. The smallest absolute Gasteiger partial charge is 0.207 e. The molecule has 0 bridgehead atoms. The van der Waals surface area contributed by atoms with E-state index >= 15 is 0 Å². The largest absolute Gasteiger partial charge is 0.243 e. The molecule has 0 saturated heterocycles. The first-order chi connectivity index (χ1) is 12.4. The highest BCUT2D eigenvalue weighted by atomic mass is 32.2. The zero-order valence-electron chi connectivity index (χ0n) is 15.0. The molecule has 2 aliphatic rings. The summed E-state index contributed by atoms with van der Waals surface area (Å²) in [7, 11) is -3.69. The van der Waals surface area contributed by atoms with Gasteiger partial charge in [0.25, 0.3) is 0 Å². The maximum absolute atomic E-state index is 13.5. The molecule has 1 heterocycles. The van der Waals surface area contributed by atoms with E-state index in [2.05, 4.69) is 13.0 Å². The van der Waals surface area contributed by atoms with Gasteiger partial charge in [-0.05, 0) is 60.6 Å². The van der Waals surface area contributed by atoms with Crippen molar-refractivity contribution in [2.75, 3.05) is 0 Å². The summed E-state index contributed by atoms with van der Waals surface area (Å²) in [6.07, 6.45) is 4.74. The van der Waals surface area contributed by atoms with Crippen molar-refractivity contribution in [2.24, 2.45) is 0 Å². The predicted molar refractivity (Wildman–Crippen MR) is 99.8 cm³/mol. The zero-order chi connectivity index (χ0) is 18.4. The summed E-state index contributed by atoms with van der Waals surface area (Å²) in [5.41, 5.74) is 1.98. The highest BCUT2D eigenvalue weighted by Gasteiger charge is 2.48. The molecule has 26 heavy (non-hydrogen) atoms. The van der Waals surface area contributed by atoms with Crippen molar-refractivity contribution >= 4 is 10.0 Å². The molecule has 2 aromatic rings. The SMILES string of the molecule is CC1CC2(CCCC2)N(S(=O)(=O)c2ccc(F)cc2)Cc2ccccc21. The molecule has 5 heteroatoms. The van der Waals surface area contributed by atoms with Gasteiger partial charge >= 0.3 is 0 Å². The molecule has 0 aromatic heterocycles. The van der Waals surface area contributed by atoms with Crippen LogP contribution >= 0.6 is 0 Å². The first-order valence-electron chi connectivity index (χ1n) is 9.29. The summed E-state index contributed by atoms with van der Waals surface area (Å²) < 4.78 is 42.1. The van der Waals surface area contributed by atoms with Crippen molar-refractivity contribution in [1.82, 2.24) is 4.31 Å². The summed E-state index contributed by atoms with van der Waals surface area (Å²) in [6, 6.07) is 13.4. The van der Waals surface area contributed by atoms with Crippen molar-refractivity contribution in [1.29, 1.82) is 0 Å². The molecule has 3 nitrogen and oxygen atoms in total. The molecule has 1 unspecified atom stereocenters. The molecule has 1 aliphatic heterocycles. The van der Waals surface area contributed by atoms with Gasteiger partial charge < -0.3 is 0 Å². The van der Waals surface area contributed by atoms with Crippen LogP contribution in [0.25, 0.3) is 0 Å². The van der Waals surface area contributed by atoms with E-state index in [4.69, 9.17) is 0 Å². The Kier molecular flexibility index (Phi) is 4.40. The van der Waals surface area contributed by atoms with Crippen molar-refractivity contribution < 1.29 is 12.8 Å². The Balaban J connectivity index is 1.84. The lowest BCUT2D eigenvalue weighted by molar-refractivity contribution is 0.169. The quantitative estimate of drug-likeness (QED) is 0.756. The minimum atomic E-state index is -3.69. The van der Waals surface area contributed by atoms with Crippen LogP contribution in [0.15, 0.2) is 53.4 Å². The zero-order valence-corrected chi connectivity index (χ0v) is 15.8. The van der Waals surface area contributed by atoms with Crippen LogP contribution in [-0.4, -0.2) is 18.3 Å². The standard InChI is InChI=1S/C21H24FNO2S/c1-16-14-21(12-4-5-13-21)23(15-17-6-2-3-7-20(16)17)26(24,25)19-10-8-18(22)9-11-19/h2-3,6-11,16H,4-5,12-15H2,1H3. The van der Waals surface area contributed by atoms with Gasteiger partial charge in [-0.1, -0.05) is 44.0 Å². The van der Waals surface area contributed by atoms with E-state index in [1.54, 1.807) is 4.31 Å². The Morgan fingerprint density at radius 1 is 1.04 bits per heavy atom. The predicted octanol–water partition coefficient (Wildman–Crippen LogP) is 4.84. The number of hydrogen-bond donors (Lipinski definition) is 0. The van der Waals surface area contributed by atoms with Gasteiger partial charge in [0, 0.05) is 12.1 Å². The Bertz CT molecular complexity index is 902. The van der Waals surface area contributed by atoms with E-state index in [9.17, 15) is 12.8 Å². The molecule has 1 fully saturated rings. The fourth-order valence-corrected chi connectivity index (χ4v) is 6.63. The Hall–Kier alpha value is -1.72. The lowest BCUT2D eigenvalue weighted by Gasteiger charge is -2.40. The van der Waals surface area contributed by atoms with Crippen LogP contribution in [0.4, 0.5) is 4.39 Å². The highest BCUT2D eigenvalue weighted by molar-refractivity contribution is 7.89.